The number of hydrogen-bond acceptors (Lipinski definition) is 3. The maximum atomic E-state index is 5.91. The van der Waals surface area contributed by atoms with Crippen molar-refractivity contribution in [1.82, 2.24) is 10.2 Å². The van der Waals surface area contributed by atoms with Crippen LogP contribution in [0.2, 0.25) is 0 Å². The van der Waals surface area contributed by atoms with Gasteiger partial charge in [-0.1, -0.05) is 52.0 Å². The van der Waals surface area contributed by atoms with Gasteiger partial charge in [0.25, 0.3) is 0 Å². The van der Waals surface area contributed by atoms with Crippen LogP contribution >= 0.6 is 0 Å². The summed E-state index contributed by atoms with van der Waals surface area (Å²) in [7, 11) is 0. The molecule has 0 aliphatic heterocycles. The highest BCUT2D eigenvalue weighted by molar-refractivity contribution is 5.27. The van der Waals surface area contributed by atoms with Crippen molar-refractivity contribution in [1.29, 1.82) is 0 Å². The third kappa shape index (κ3) is 5.23. The third-order valence-corrected chi connectivity index (χ3v) is 3.95. The molecule has 3 nitrogen and oxygen atoms in total. The van der Waals surface area contributed by atoms with Crippen LogP contribution in [-0.4, -0.2) is 37.6 Å². The van der Waals surface area contributed by atoms with Gasteiger partial charge in [0, 0.05) is 25.7 Å². The van der Waals surface area contributed by atoms with Crippen molar-refractivity contribution < 1.29 is 0 Å². The molecule has 0 amide bonds. The van der Waals surface area contributed by atoms with E-state index in [4.69, 9.17) is 5.73 Å². The summed E-state index contributed by atoms with van der Waals surface area (Å²) in [6.07, 6.45) is 0. The Bertz CT molecular complexity index is 355. The number of hydrogen-bond donors (Lipinski definition) is 2. The van der Waals surface area contributed by atoms with Gasteiger partial charge >= 0.3 is 0 Å². The molecule has 114 valence electrons. The van der Waals surface area contributed by atoms with Gasteiger partial charge in [0.15, 0.2) is 0 Å². The molecule has 1 rings (SSSR count). The molecule has 0 aliphatic carbocycles. The van der Waals surface area contributed by atoms with Gasteiger partial charge in [0.2, 0.25) is 0 Å². The lowest BCUT2D eigenvalue weighted by atomic mass is 9.99. The van der Waals surface area contributed by atoms with E-state index < -0.39 is 0 Å². The fourth-order valence-corrected chi connectivity index (χ4v) is 2.39. The lowest BCUT2D eigenvalue weighted by Gasteiger charge is -2.22. The van der Waals surface area contributed by atoms with Gasteiger partial charge < -0.3 is 16.0 Å². The molecule has 0 spiro atoms. The summed E-state index contributed by atoms with van der Waals surface area (Å²) in [5, 5.41) is 3.57. The third-order valence-electron chi connectivity index (χ3n) is 3.95. The summed E-state index contributed by atoms with van der Waals surface area (Å²) >= 11 is 0. The van der Waals surface area contributed by atoms with Crippen LogP contribution in [0.4, 0.5) is 0 Å². The SMILES string of the molecule is CCN(CC)CCNC(CN)c1ccc(C(C)C)cc1. The van der Waals surface area contributed by atoms with Gasteiger partial charge in [0.1, 0.15) is 0 Å². The second kappa shape index (κ2) is 9.11. The van der Waals surface area contributed by atoms with Crippen LogP contribution in [0.3, 0.4) is 0 Å². The normalized spacial score (nSPS) is 13.2. The van der Waals surface area contributed by atoms with E-state index in [0.717, 1.165) is 26.2 Å². The van der Waals surface area contributed by atoms with Gasteiger partial charge in [-0.2, -0.15) is 0 Å². The summed E-state index contributed by atoms with van der Waals surface area (Å²) in [5.74, 6) is 0.580. The second-order valence-corrected chi connectivity index (χ2v) is 5.59. The molecule has 1 aromatic carbocycles. The smallest absolute Gasteiger partial charge is 0.0444 e. The Labute approximate surface area is 124 Å². The van der Waals surface area contributed by atoms with Crippen LogP contribution in [0.25, 0.3) is 0 Å². The minimum atomic E-state index is 0.256. The number of likely N-dealkylation sites (N-methyl/N-ethyl adjacent to an activating group) is 1. The largest absolute Gasteiger partial charge is 0.329 e. The average molecular weight is 277 g/mol. The fraction of sp³-hybridized carbons (Fsp3) is 0.647. The van der Waals surface area contributed by atoms with E-state index in [0.29, 0.717) is 12.5 Å². The van der Waals surface area contributed by atoms with Crippen molar-refractivity contribution in [3.05, 3.63) is 35.4 Å². The lowest BCUT2D eigenvalue weighted by molar-refractivity contribution is 0.297. The van der Waals surface area contributed by atoms with Crippen LogP contribution in [-0.2, 0) is 0 Å². The zero-order valence-electron chi connectivity index (χ0n) is 13.5. The van der Waals surface area contributed by atoms with E-state index >= 15 is 0 Å². The van der Waals surface area contributed by atoms with E-state index in [1.54, 1.807) is 0 Å². The van der Waals surface area contributed by atoms with Gasteiger partial charge in [-0.05, 0) is 30.1 Å². The summed E-state index contributed by atoms with van der Waals surface area (Å²) < 4.78 is 0. The maximum absolute atomic E-state index is 5.91. The topological polar surface area (TPSA) is 41.3 Å². The predicted molar refractivity (Wildman–Crippen MR) is 88.1 cm³/mol. The maximum Gasteiger partial charge on any atom is 0.0444 e. The first-order valence-electron chi connectivity index (χ1n) is 7.88. The Morgan fingerprint density at radius 2 is 1.60 bits per heavy atom. The van der Waals surface area contributed by atoms with E-state index in [2.05, 4.69) is 62.2 Å². The average Bonchev–Trinajstić information content (AvgIpc) is 2.48. The molecular formula is C17H31N3. The van der Waals surface area contributed by atoms with E-state index in [1.807, 2.05) is 0 Å². The van der Waals surface area contributed by atoms with Gasteiger partial charge in [0.05, 0.1) is 0 Å². The minimum Gasteiger partial charge on any atom is -0.329 e. The molecule has 1 aromatic rings. The number of nitrogens with two attached hydrogens (primary N) is 1. The van der Waals surface area contributed by atoms with Gasteiger partial charge in [-0.15, -0.1) is 0 Å². The first-order chi connectivity index (χ1) is 9.62. The van der Waals surface area contributed by atoms with Crippen molar-refractivity contribution >= 4 is 0 Å². The molecular weight excluding hydrogens is 246 g/mol. The molecule has 1 atom stereocenters. The number of rotatable bonds is 9. The zero-order valence-corrected chi connectivity index (χ0v) is 13.5. The second-order valence-electron chi connectivity index (χ2n) is 5.59. The number of benzene rings is 1. The Hall–Kier alpha value is -0.900. The van der Waals surface area contributed by atoms with Gasteiger partial charge in [-0.3, -0.25) is 0 Å². The molecule has 0 bridgehead atoms. The predicted octanol–water partition coefficient (Wildman–Crippen LogP) is 2.74. The molecule has 3 N–H and O–H groups in total. The molecule has 20 heavy (non-hydrogen) atoms. The van der Waals surface area contributed by atoms with Crippen LogP contribution in [0.5, 0.6) is 0 Å². The lowest BCUT2D eigenvalue weighted by Crippen LogP contribution is -2.36. The van der Waals surface area contributed by atoms with Crippen LogP contribution in [0, 0.1) is 0 Å². The molecule has 0 saturated heterocycles. The quantitative estimate of drug-likeness (QED) is 0.729. The molecule has 3 heteroatoms. The summed E-state index contributed by atoms with van der Waals surface area (Å²) in [6, 6.07) is 9.10. The summed E-state index contributed by atoms with van der Waals surface area (Å²) in [5.41, 5.74) is 8.58. The first-order valence-corrected chi connectivity index (χ1v) is 7.88. The molecule has 0 aliphatic rings. The fourth-order valence-electron chi connectivity index (χ4n) is 2.39. The Morgan fingerprint density at radius 3 is 2.05 bits per heavy atom. The van der Waals surface area contributed by atoms with Crippen LogP contribution in [0.1, 0.15) is 50.8 Å². The van der Waals surface area contributed by atoms with Crippen molar-refractivity contribution in [3.8, 4) is 0 Å². The van der Waals surface area contributed by atoms with Crippen molar-refractivity contribution in [2.45, 2.75) is 39.7 Å². The molecule has 1 unspecified atom stereocenters. The number of nitrogens with one attached hydrogen (secondary N) is 1. The molecule has 0 heterocycles. The van der Waals surface area contributed by atoms with E-state index in [9.17, 15) is 0 Å². The Balaban J connectivity index is 2.53. The van der Waals surface area contributed by atoms with E-state index in [1.165, 1.54) is 11.1 Å². The number of nitrogens with zero attached hydrogens (tertiary/aromatic N) is 1. The zero-order chi connectivity index (χ0) is 15.0. The monoisotopic (exact) mass is 277 g/mol. The highest BCUT2D eigenvalue weighted by Gasteiger charge is 2.10. The van der Waals surface area contributed by atoms with Gasteiger partial charge in [-0.25, -0.2) is 0 Å². The highest BCUT2D eigenvalue weighted by atomic mass is 15.1. The Morgan fingerprint density at radius 1 is 1.05 bits per heavy atom. The molecule has 0 saturated carbocycles. The Kier molecular flexibility index (Phi) is 7.82. The standard InChI is InChI=1S/C17H31N3/c1-5-20(6-2)12-11-19-17(13-18)16-9-7-15(8-10-16)14(3)4/h7-10,14,17,19H,5-6,11-13,18H2,1-4H3. The first kappa shape index (κ1) is 17.2. The van der Waals surface area contributed by atoms with Crippen LogP contribution < -0.4 is 11.1 Å². The molecule has 0 aromatic heterocycles. The van der Waals surface area contributed by atoms with E-state index in [-0.39, 0.29) is 6.04 Å². The molecule has 0 fully saturated rings. The summed E-state index contributed by atoms with van der Waals surface area (Å²) in [4.78, 5) is 2.42. The minimum absolute atomic E-state index is 0.256. The van der Waals surface area contributed by atoms with Crippen LogP contribution in [0.15, 0.2) is 24.3 Å². The van der Waals surface area contributed by atoms with Crippen molar-refractivity contribution in [3.63, 3.8) is 0 Å². The van der Waals surface area contributed by atoms with Crippen molar-refractivity contribution in [2.24, 2.45) is 5.73 Å². The highest BCUT2D eigenvalue weighted by Crippen LogP contribution is 2.18. The van der Waals surface area contributed by atoms with Crippen molar-refractivity contribution in [2.75, 3.05) is 32.7 Å². The summed E-state index contributed by atoms with van der Waals surface area (Å²) in [6.45, 7) is 13.8. The molecule has 0 radical (unpaired) electrons.